The molecule has 1 aromatic carbocycles. The standard InChI is InChI=1S/C14H21NO3/c1-3-8-18-13-6-4-12(5-7-13)9-15-14(2,10-16)11-17/h3-7,15-17H,1,8-11H2,2H3/p+1. The second-order valence-electron chi connectivity index (χ2n) is 4.62. The molecule has 0 atom stereocenters. The molecule has 0 amide bonds. The molecule has 0 spiro atoms. The summed E-state index contributed by atoms with van der Waals surface area (Å²) in [7, 11) is 0. The first-order valence-corrected chi connectivity index (χ1v) is 6.02. The molecule has 0 aliphatic heterocycles. The Hall–Kier alpha value is -1.36. The Morgan fingerprint density at radius 2 is 1.89 bits per heavy atom. The van der Waals surface area contributed by atoms with E-state index < -0.39 is 5.54 Å². The van der Waals surface area contributed by atoms with Crippen molar-refractivity contribution in [3.05, 3.63) is 42.5 Å². The van der Waals surface area contributed by atoms with Crippen molar-refractivity contribution < 1.29 is 20.3 Å². The number of hydrogen-bond acceptors (Lipinski definition) is 3. The van der Waals surface area contributed by atoms with Gasteiger partial charge in [-0.25, -0.2) is 0 Å². The minimum atomic E-state index is -0.530. The van der Waals surface area contributed by atoms with Crippen LogP contribution in [-0.2, 0) is 6.54 Å². The molecule has 4 nitrogen and oxygen atoms in total. The van der Waals surface area contributed by atoms with Gasteiger partial charge in [0.25, 0.3) is 0 Å². The fraction of sp³-hybridized carbons (Fsp3) is 0.429. The van der Waals surface area contributed by atoms with Crippen molar-refractivity contribution in [1.82, 2.24) is 0 Å². The van der Waals surface area contributed by atoms with Gasteiger partial charge in [0.2, 0.25) is 0 Å². The van der Waals surface area contributed by atoms with Gasteiger partial charge in [-0.05, 0) is 31.2 Å². The predicted molar refractivity (Wildman–Crippen MR) is 70.3 cm³/mol. The third-order valence-electron chi connectivity index (χ3n) is 2.84. The van der Waals surface area contributed by atoms with Gasteiger partial charge >= 0.3 is 0 Å². The van der Waals surface area contributed by atoms with Gasteiger partial charge in [-0.1, -0.05) is 12.7 Å². The third-order valence-corrected chi connectivity index (χ3v) is 2.84. The van der Waals surface area contributed by atoms with Crippen LogP contribution in [0.15, 0.2) is 36.9 Å². The Morgan fingerprint density at radius 1 is 1.28 bits per heavy atom. The molecular weight excluding hydrogens is 230 g/mol. The highest BCUT2D eigenvalue weighted by molar-refractivity contribution is 5.26. The summed E-state index contributed by atoms with van der Waals surface area (Å²) in [6.07, 6.45) is 1.70. The number of quaternary nitrogens is 1. The molecule has 1 aromatic rings. The zero-order valence-electron chi connectivity index (χ0n) is 10.8. The summed E-state index contributed by atoms with van der Waals surface area (Å²) < 4.78 is 5.39. The summed E-state index contributed by atoms with van der Waals surface area (Å²) in [5, 5.41) is 20.3. The molecular formula is C14H22NO3+. The van der Waals surface area contributed by atoms with Crippen LogP contribution in [0.4, 0.5) is 0 Å². The van der Waals surface area contributed by atoms with Crippen molar-refractivity contribution in [2.75, 3.05) is 19.8 Å². The van der Waals surface area contributed by atoms with Gasteiger partial charge in [-0.2, -0.15) is 0 Å². The number of hydrogen-bond donors (Lipinski definition) is 3. The lowest BCUT2D eigenvalue weighted by molar-refractivity contribution is -0.741. The first-order chi connectivity index (χ1) is 8.63. The lowest BCUT2D eigenvalue weighted by Crippen LogP contribution is -2.97. The molecule has 1 rings (SSSR count). The summed E-state index contributed by atoms with van der Waals surface area (Å²) in [6, 6.07) is 7.76. The second kappa shape index (κ2) is 7.16. The lowest BCUT2D eigenvalue weighted by atomic mass is 10.0. The van der Waals surface area contributed by atoms with Gasteiger partial charge in [0.05, 0.1) is 13.2 Å². The molecule has 0 heterocycles. The molecule has 0 unspecified atom stereocenters. The van der Waals surface area contributed by atoms with E-state index in [4.69, 9.17) is 4.74 Å². The van der Waals surface area contributed by atoms with Crippen LogP contribution in [0.2, 0.25) is 0 Å². The molecule has 4 heteroatoms. The minimum absolute atomic E-state index is 0.0516. The Morgan fingerprint density at radius 3 is 2.39 bits per heavy atom. The Labute approximate surface area is 108 Å². The van der Waals surface area contributed by atoms with Crippen molar-refractivity contribution in [1.29, 1.82) is 0 Å². The highest BCUT2D eigenvalue weighted by Crippen LogP contribution is 2.11. The van der Waals surface area contributed by atoms with Crippen LogP contribution in [-0.4, -0.2) is 35.6 Å². The molecule has 18 heavy (non-hydrogen) atoms. The largest absolute Gasteiger partial charge is 0.490 e. The average Bonchev–Trinajstić information content (AvgIpc) is 2.43. The van der Waals surface area contributed by atoms with Gasteiger partial charge in [0, 0.05) is 5.56 Å². The molecule has 0 saturated heterocycles. The van der Waals surface area contributed by atoms with Gasteiger partial charge in [-0.3, -0.25) is 0 Å². The first kappa shape index (κ1) is 14.7. The summed E-state index contributed by atoms with van der Waals surface area (Å²) in [4.78, 5) is 0. The third kappa shape index (κ3) is 4.49. The van der Waals surface area contributed by atoms with E-state index in [9.17, 15) is 10.2 Å². The van der Waals surface area contributed by atoms with E-state index in [0.717, 1.165) is 11.3 Å². The Bertz CT molecular complexity index is 358. The van der Waals surface area contributed by atoms with Gasteiger partial charge in [-0.15, -0.1) is 0 Å². The number of benzene rings is 1. The molecule has 4 N–H and O–H groups in total. The van der Waals surface area contributed by atoms with Gasteiger partial charge < -0.3 is 20.3 Å². The highest BCUT2D eigenvalue weighted by atomic mass is 16.5. The highest BCUT2D eigenvalue weighted by Gasteiger charge is 2.25. The van der Waals surface area contributed by atoms with Gasteiger partial charge in [0.15, 0.2) is 0 Å². The molecule has 0 aliphatic rings. The number of nitrogens with two attached hydrogens (primary N) is 1. The maximum Gasteiger partial charge on any atom is 0.140 e. The Balaban J connectivity index is 2.50. The van der Waals surface area contributed by atoms with Crippen molar-refractivity contribution in [3.63, 3.8) is 0 Å². The fourth-order valence-corrected chi connectivity index (χ4v) is 1.42. The maximum atomic E-state index is 9.18. The minimum Gasteiger partial charge on any atom is -0.490 e. The zero-order chi connectivity index (χ0) is 13.4. The van der Waals surface area contributed by atoms with Crippen molar-refractivity contribution in [3.8, 4) is 5.75 Å². The molecule has 0 fully saturated rings. The molecule has 0 aliphatic carbocycles. The van der Waals surface area contributed by atoms with Crippen LogP contribution in [0.1, 0.15) is 12.5 Å². The van der Waals surface area contributed by atoms with Crippen LogP contribution >= 0.6 is 0 Å². The van der Waals surface area contributed by atoms with Gasteiger partial charge in [0.1, 0.15) is 24.4 Å². The van der Waals surface area contributed by atoms with Crippen LogP contribution in [0.3, 0.4) is 0 Å². The van der Waals surface area contributed by atoms with Crippen molar-refractivity contribution in [2.24, 2.45) is 0 Å². The molecule has 0 radical (unpaired) electrons. The summed E-state index contributed by atoms with van der Waals surface area (Å²) in [5.74, 6) is 0.811. The van der Waals surface area contributed by atoms with Crippen LogP contribution < -0.4 is 10.1 Å². The molecule has 0 saturated carbocycles. The van der Waals surface area contributed by atoms with Crippen LogP contribution in [0, 0.1) is 0 Å². The van der Waals surface area contributed by atoms with Crippen molar-refractivity contribution >= 4 is 0 Å². The second-order valence-corrected chi connectivity index (χ2v) is 4.62. The van der Waals surface area contributed by atoms with Crippen LogP contribution in [0.25, 0.3) is 0 Å². The molecule has 0 bridgehead atoms. The summed E-state index contributed by atoms with van der Waals surface area (Å²) in [6.45, 7) is 6.52. The summed E-state index contributed by atoms with van der Waals surface area (Å²) >= 11 is 0. The maximum absolute atomic E-state index is 9.18. The average molecular weight is 252 g/mol. The number of ether oxygens (including phenoxy) is 1. The van der Waals surface area contributed by atoms with E-state index in [1.165, 1.54) is 0 Å². The quantitative estimate of drug-likeness (QED) is 0.573. The van der Waals surface area contributed by atoms with Crippen LogP contribution in [0.5, 0.6) is 5.75 Å². The van der Waals surface area contributed by atoms with E-state index in [0.29, 0.717) is 13.2 Å². The van der Waals surface area contributed by atoms with Crippen molar-refractivity contribution in [2.45, 2.75) is 19.0 Å². The van der Waals surface area contributed by atoms with E-state index in [2.05, 4.69) is 6.58 Å². The van der Waals surface area contributed by atoms with E-state index in [1.54, 1.807) is 6.08 Å². The number of rotatable bonds is 8. The monoisotopic (exact) mass is 252 g/mol. The smallest absolute Gasteiger partial charge is 0.140 e. The fourth-order valence-electron chi connectivity index (χ4n) is 1.42. The number of aliphatic hydroxyl groups excluding tert-OH is 2. The normalized spacial score (nSPS) is 11.3. The topological polar surface area (TPSA) is 66.3 Å². The van der Waals surface area contributed by atoms with E-state index >= 15 is 0 Å². The first-order valence-electron chi connectivity index (χ1n) is 6.02. The number of aliphatic hydroxyl groups is 2. The SMILES string of the molecule is C=CCOc1ccc(C[NH2+]C(C)(CO)CO)cc1. The Kier molecular flexibility index (Phi) is 5.85. The molecule has 0 aromatic heterocycles. The lowest BCUT2D eigenvalue weighted by Gasteiger charge is -2.22. The zero-order valence-corrected chi connectivity index (χ0v) is 10.8. The summed E-state index contributed by atoms with van der Waals surface area (Å²) in [5.41, 5.74) is 0.590. The molecule has 100 valence electrons. The predicted octanol–water partition coefficient (Wildman–Crippen LogP) is 0.0581. The van der Waals surface area contributed by atoms with E-state index in [-0.39, 0.29) is 13.2 Å². The van der Waals surface area contributed by atoms with E-state index in [1.807, 2.05) is 36.5 Å².